The van der Waals surface area contributed by atoms with Crippen LogP contribution in [0.3, 0.4) is 0 Å². The number of carboxylic acid groups (broad SMARTS) is 1. The van der Waals surface area contributed by atoms with Gasteiger partial charge in [0.2, 0.25) is 0 Å². The maximum atomic E-state index is 11.4. The van der Waals surface area contributed by atoms with Crippen molar-refractivity contribution < 1.29 is 18.3 Å². The summed E-state index contributed by atoms with van der Waals surface area (Å²) >= 11 is 1.02. The van der Waals surface area contributed by atoms with Crippen molar-refractivity contribution in [3.05, 3.63) is 23.1 Å². The van der Waals surface area contributed by atoms with E-state index in [4.69, 9.17) is 0 Å². The van der Waals surface area contributed by atoms with Crippen molar-refractivity contribution in [1.82, 2.24) is 0 Å². The molecular formula is C13H16O4S2. The lowest BCUT2D eigenvalue weighted by atomic mass is 10.0. The van der Waals surface area contributed by atoms with E-state index in [2.05, 4.69) is 0 Å². The van der Waals surface area contributed by atoms with Crippen molar-refractivity contribution in [3.63, 3.8) is 0 Å². The molecule has 1 aromatic rings. The monoisotopic (exact) mass is 300 g/mol. The van der Waals surface area contributed by atoms with Gasteiger partial charge in [0.25, 0.3) is 0 Å². The SMILES string of the molecule is CS(=O)(=O)c1ccc(C(=CC2CCCC2)C(=O)O)s1. The van der Waals surface area contributed by atoms with Crippen LogP contribution in [0.25, 0.3) is 5.57 Å². The molecule has 4 nitrogen and oxygen atoms in total. The molecule has 0 amide bonds. The van der Waals surface area contributed by atoms with Crippen LogP contribution in [0.2, 0.25) is 0 Å². The third-order valence-corrected chi connectivity index (χ3v) is 6.18. The molecule has 1 fully saturated rings. The van der Waals surface area contributed by atoms with Gasteiger partial charge in [0.05, 0.1) is 5.57 Å². The van der Waals surface area contributed by atoms with Crippen LogP contribution in [0.1, 0.15) is 30.6 Å². The largest absolute Gasteiger partial charge is 0.478 e. The molecule has 1 aromatic heterocycles. The Morgan fingerprint density at radius 3 is 2.47 bits per heavy atom. The molecule has 104 valence electrons. The van der Waals surface area contributed by atoms with Gasteiger partial charge in [-0.1, -0.05) is 18.9 Å². The predicted molar refractivity (Wildman–Crippen MR) is 75.0 cm³/mol. The molecule has 2 rings (SSSR count). The van der Waals surface area contributed by atoms with Gasteiger partial charge in [-0.05, 0) is 30.9 Å². The summed E-state index contributed by atoms with van der Waals surface area (Å²) in [5.41, 5.74) is 0.229. The Labute approximate surface area is 116 Å². The molecular weight excluding hydrogens is 284 g/mol. The van der Waals surface area contributed by atoms with Gasteiger partial charge in [-0.2, -0.15) is 0 Å². The van der Waals surface area contributed by atoms with Gasteiger partial charge in [0.1, 0.15) is 4.21 Å². The van der Waals surface area contributed by atoms with E-state index in [1.165, 1.54) is 6.07 Å². The number of aliphatic carboxylic acids is 1. The van der Waals surface area contributed by atoms with Gasteiger partial charge in [-0.25, -0.2) is 13.2 Å². The smallest absolute Gasteiger partial charge is 0.336 e. The summed E-state index contributed by atoms with van der Waals surface area (Å²) < 4.78 is 23.1. The zero-order valence-electron chi connectivity index (χ0n) is 10.6. The zero-order chi connectivity index (χ0) is 14.0. The number of rotatable bonds is 4. The summed E-state index contributed by atoms with van der Waals surface area (Å²) in [7, 11) is -3.27. The summed E-state index contributed by atoms with van der Waals surface area (Å²) in [5.74, 6) is -0.691. The first kappa shape index (κ1) is 14.3. The first-order valence-corrected chi connectivity index (χ1v) is 8.84. The van der Waals surface area contributed by atoms with Crippen molar-refractivity contribution in [2.45, 2.75) is 29.9 Å². The molecule has 0 aromatic carbocycles. The van der Waals surface area contributed by atoms with Crippen molar-refractivity contribution in [2.75, 3.05) is 6.26 Å². The molecule has 0 spiro atoms. The van der Waals surface area contributed by atoms with E-state index in [0.29, 0.717) is 10.8 Å². The minimum absolute atomic E-state index is 0.209. The Morgan fingerprint density at radius 2 is 2.00 bits per heavy atom. The van der Waals surface area contributed by atoms with Gasteiger partial charge in [-0.15, -0.1) is 11.3 Å². The Kier molecular flexibility index (Phi) is 4.10. The van der Waals surface area contributed by atoms with Crippen LogP contribution in [0.4, 0.5) is 0 Å². The van der Waals surface area contributed by atoms with Gasteiger partial charge in [-0.3, -0.25) is 0 Å². The molecule has 0 atom stereocenters. The Morgan fingerprint density at radius 1 is 1.37 bits per heavy atom. The van der Waals surface area contributed by atoms with E-state index >= 15 is 0 Å². The second-order valence-corrected chi connectivity index (χ2v) is 8.15. The van der Waals surface area contributed by atoms with Gasteiger partial charge < -0.3 is 5.11 Å². The number of hydrogen-bond donors (Lipinski definition) is 1. The fraction of sp³-hybridized carbons (Fsp3) is 0.462. The van der Waals surface area contributed by atoms with E-state index in [-0.39, 0.29) is 9.78 Å². The van der Waals surface area contributed by atoms with Crippen LogP contribution in [0, 0.1) is 5.92 Å². The molecule has 1 aliphatic carbocycles. The number of sulfone groups is 1. The van der Waals surface area contributed by atoms with Gasteiger partial charge >= 0.3 is 5.97 Å². The molecule has 0 radical (unpaired) electrons. The minimum Gasteiger partial charge on any atom is -0.478 e. The standard InChI is InChI=1S/C13H16O4S2/c1-19(16,17)12-7-6-11(18-12)10(13(14)15)8-9-4-2-3-5-9/h6-9H,2-5H2,1H3,(H,14,15). The average Bonchev–Trinajstić information content (AvgIpc) is 2.95. The lowest BCUT2D eigenvalue weighted by Gasteiger charge is -2.04. The minimum atomic E-state index is -3.27. The lowest BCUT2D eigenvalue weighted by Crippen LogP contribution is -2.01. The van der Waals surface area contributed by atoms with E-state index in [0.717, 1.165) is 43.3 Å². The quantitative estimate of drug-likeness (QED) is 0.868. The van der Waals surface area contributed by atoms with Crippen molar-refractivity contribution >= 4 is 32.7 Å². The van der Waals surface area contributed by atoms with Crippen LogP contribution in [0.5, 0.6) is 0 Å². The lowest BCUT2D eigenvalue weighted by molar-refractivity contribution is -0.130. The predicted octanol–water partition coefficient (Wildman–Crippen LogP) is 2.81. The highest BCUT2D eigenvalue weighted by molar-refractivity contribution is 7.92. The van der Waals surface area contributed by atoms with Crippen molar-refractivity contribution in [2.24, 2.45) is 5.92 Å². The molecule has 0 aliphatic heterocycles. The molecule has 1 N–H and O–H groups in total. The summed E-state index contributed by atoms with van der Waals surface area (Å²) in [4.78, 5) is 11.8. The van der Waals surface area contributed by atoms with Crippen molar-refractivity contribution in [3.8, 4) is 0 Å². The first-order chi connectivity index (χ1) is 8.88. The fourth-order valence-corrected chi connectivity index (χ4v) is 4.23. The summed E-state index contributed by atoms with van der Waals surface area (Å²) in [6.45, 7) is 0. The summed E-state index contributed by atoms with van der Waals surface area (Å²) in [6.07, 6.45) is 7.21. The van der Waals surface area contributed by atoms with Gasteiger partial charge in [0.15, 0.2) is 9.84 Å². The second kappa shape index (κ2) is 5.46. The first-order valence-electron chi connectivity index (χ1n) is 6.13. The number of hydrogen-bond acceptors (Lipinski definition) is 4. The highest BCUT2D eigenvalue weighted by atomic mass is 32.2. The number of carbonyl (C=O) groups is 1. The third-order valence-electron chi connectivity index (χ3n) is 3.24. The Hall–Kier alpha value is -1.14. The van der Waals surface area contributed by atoms with Gasteiger partial charge in [0, 0.05) is 11.1 Å². The maximum absolute atomic E-state index is 11.4. The molecule has 6 heteroatoms. The number of allylic oxidation sites excluding steroid dienone is 1. The molecule has 1 heterocycles. The molecule has 0 saturated heterocycles. The highest BCUT2D eigenvalue weighted by Gasteiger charge is 2.20. The van der Waals surface area contributed by atoms with Crippen LogP contribution in [-0.2, 0) is 14.6 Å². The van der Waals surface area contributed by atoms with Crippen LogP contribution in [0.15, 0.2) is 22.4 Å². The molecule has 1 saturated carbocycles. The van der Waals surface area contributed by atoms with E-state index < -0.39 is 15.8 Å². The Balaban J connectivity index is 2.34. The van der Waals surface area contributed by atoms with Crippen LogP contribution >= 0.6 is 11.3 Å². The van der Waals surface area contributed by atoms with E-state index in [9.17, 15) is 18.3 Å². The fourth-order valence-electron chi connectivity index (χ4n) is 2.28. The van der Waals surface area contributed by atoms with Crippen LogP contribution < -0.4 is 0 Å². The molecule has 0 unspecified atom stereocenters. The third kappa shape index (κ3) is 3.45. The Bertz CT molecular complexity index is 604. The molecule has 1 aliphatic rings. The zero-order valence-corrected chi connectivity index (χ0v) is 12.3. The second-order valence-electron chi connectivity index (χ2n) is 4.82. The van der Waals surface area contributed by atoms with E-state index in [1.807, 2.05) is 0 Å². The molecule has 0 bridgehead atoms. The normalized spacial score (nSPS) is 17.8. The molecule has 19 heavy (non-hydrogen) atoms. The number of carboxylic acids is 1. The average molecular weight is 300 g/mol. The summed E-state index contributed by atoms with van der Waals surface area (Å²) in [6, 6.07) is 3.05. The number of thiophene rings is 1. The van der Waals surface area contributed by atoms with Crippen LogP contribution in [-0.4, -0.2) is 25.7 Å². The maximum Gasteiger partial charge on any atom is 0.336 e. The van der Waals surface area contributed by atoms with Crippen molar-refractivity contribution in [1.29, 1.82) is 0 Å². The highest BCUT2D eigenvalue weighted by Crippen LogP contribution is 2.32. The summed E-state index contributed by atoms with van der Waals surface area (Å²) in [5, 5.41) is 9.29. The van der Waals surface area contributed by atoms with E-state index in [1.54, 1.807) is 12.1 Å². The topological polar surface area (TPSA) is 71.4 Å².